The smallest absolute Gasteiger partial charge is 0.401 e. The van der Waals surface area contributed by atoms with E-state index >= 15 is 0 Å². The van der Waals surface area contributed by atoms with E-state index < -0.39 is 4.92 Å². The minimum Gasteiger partial charge on any atom is -0.401 e. The Balaban J connectivity index is 1.97. The SMILES string of the molecule is CC(C)n1c(S/C=C/c2ccc([N+](=O)[O-])o2)nc2cc(Cl)ccc2c1=O. The van der Waals surface area contributed by atoms with Crippen LogP contribution in [-0.2, 0) is 0 Å². The first-order valence-electron chi connectivity index (χ1n) is 7.66. The predicted molar refractivity (Wildman–Crippen MR) is 102 cm³/mol. The molecule has 9 heteroatoms. The molecule has 1 aromatic carbocycles. The van der Waals surface area contributed by atoms with Crippen molar-refractivity contribution in [2.45, 2.75) is 25.0 Å². The van der Waals surface area contributed by atoms with E-state index in [9.17, 15) is 14.9 Å². The van der Waals surface area contributed by atoms with Crippen molar-refractivity contribution in [3.05, 3.63) is 67.0 Å². The van der Waals surface area contributed by atoms with Gasteiger partial charge in [0.15, 0.2) is 5.16 Å². The molecule has 2 heterocycles. The lowest BCUT2D eigenvalue weighted by molar-refractivity contribution is -0.402. The average molecular weight is 392 g/mol. The lowest BCUT2D eigenvalue weighted by Crippen LogP contribution is -2.24. The van der Waals surface area contributed by atoms with Crippen LogP contribution in [0.2, 0.25) is 5.02 Å². The van der Waals surface area contributed by atoms with Crippen LogP contribution < -0.4 is 5.56 Å². The zero-order valence-corrected chi connectivity index (χ0v) is 15.5. The summed E-state index contributed by atoms with van der Waals surface area (Å²) in [6.45, 7) is 3.79. The number of halogens is 1. The van der Waals surface area contributed by atoms with Gasteiger partial charge in [0.2, 0.25) is 0 Å². The monoisotopic (exact) mass is 391 g/mol. The number of nitro groups is 1. The third kappa shape index (κ3) is 3.66. The van der Waals surface area contributed by atoms with Crippen molar-refractivity contribution in [3.8, 4) is 0 Å². The highest BCUT2D eigenvalue weighted by molar-refractivity contribution is 8.02. The van der Waals surface area contributed by atoms with Crippen molar-refractivity contribution in [2.75, 3.05) is 0 Å². The van der Waals surface area contributed by atoms with Crippen molar-refractivity contribution in [2.24, 2.45) is 0 Å². The molecule has 0 spiro atoms. The lowest BCUT2D eigenvalue weighted by atomic mass is 10.2. The number of thioether (sulfide) groups is 1. The highest BCUT2D eigenvalue weighted by atomic mass is 35.5. The second-order valence-electron chi connectivity index (χ2n) is 5.68. The summed E-state index contributed by atoms with van der Waals surface area (Å²) in [5.74, 6) is 0.0127. The van der Waals surface area contributed by atoms with E-state index in [0.29, 0.717) is 26.8 Å². The normalized spacial score (nSPS) is 11.7. The Labute approximate surface area is 157 Å². The predicted octanol–water partition coefficient (Wildman–Crippen LogP) is 4.90. The van der Waals surface area contributed by atoms with Crippen molar-refractivity contribution < 1.29 is 9.34 Å². The van der Waals surface area contributed by atoms with Gasteiger partial charge < -0.3 is 4.42 Å². The van der Waals surface area contributed by atoms with Gasteiger partial charge in [0.05, 0.1) is 17.0 Å². The van der Waals surface area contributed by atoms with Gasteiger partial charge in [-0.2, -0.15) is 0 Å². The summed E-state index contributed by atoms with van der Waals surface area (Å²) < 4.78 is 6.66. The van der Waals surface area contributed by atoms with Gasteiger partial charge in [-0.3, -0.25) is 19.5 Å². The van der Waals surface area contributed by atoms with Crippen LogP contribution in [0.5, 0.6) is 0 Å². The molecule has 0 amide bonds. The summed E-state index contributed by atoms with van der Waals surface area (Å²) in [5, 5.41) is 13.8. The number of rotatable bonds is 5. The largest absolute Gasteiger partial charge is 0.433 e. The number of hydrogen-bond acceptors (Lipinski definition) is 6. The van der Waals surface area contributed by atoms with E-state index in [-0.39, 0.29) is 17.5 Å². The van der Waals surface area contributed by atoms with Gasteiger partial charge in [-0.25, -0.2) is 4.98 Å². The molecule has 7 nitrogen and oxygen atoms in total. The van der Waals surface area contributed by atoms with Gasteiger partial charge in [0.1, 0.15) is 10.7 Å². The molecule has 3 aromatic rings. The van der Waals surface area contributed by atoms with Gasteiger partial charge in [-0.15, -0.1) is 0 Å². The summed E-state index contributed by atoms with van der Waals surface area (Å²) in [7, 11) is 0. The van der Waals surface area contributed by atoms with Crippen LogP contribution >= 0.6 is 23.4 Å². The highest BCUT2D eigenvalue weighted by Crippen LogP contribution is 2.25. The number of aromatic nitrogens is 2. The van der Waals surface area contributed by atoms with Crippen molar-refractivity contribution in [1.82, 2.24) is 9.55 Å². The number of fused-ring (bicyclic) bond motifs is 1. The maximum absolute atomic E-state index is 12.8. The molecule has 26 heavy (non-hydrogen) atoms. The number of furan rings is 1. The summed E-state index contributed by atoms with van der Waals surface area (Å²) in [6.07, 6.45) is 1.58. The summed E-state index contributed by atoms with van der Waals surface area (Å²) >= 11 is 7.22. The second-order valence-corrected chi connectivity index (χ2v) is 6.99. The zero-order valence-electron chi connectivity index (χ0n) is 13.9. The fourth-order valence-electron chi connectivity index (χ4n) is 2.38. The van der Waals surface area contributed by atoms with E-state index in [1.807, 2.05) is 13.8 Å². The summed E-state index contributed by atoms with van der Waals surface area (Å²) in [6, 6.07) is 7.66. The van der Waals surface area contributed by atoms with Crippen molar-refractivity contribution in [1.29, 1.82) is 0 Å². The molecule has 2 aromatic heterocycles. The summed E-state index contributed by atoms with van der Waals surface area (Å²) in [4.78, 5) is 27.3. The molecule has 0 atom stereocenters. The second kappa shape index (κ2) is 7.35. The fourth-order valence-corrected chi connectivity index (χ4v) is 3.43. The van der Waals surface area contributed by atoms with Crippen LogP contribution in [0, 0.1) is 10.1 Å². The Morgan fingerprint density at radius 3 is 2.77 bits per heavy atom. The van der Waals surface area contributed by atoms with E-state index in [1.165, 1.54) is 23.9 Å². The topological polar surface area (TPSA) is 91.2 Å². The molecule has 0 aliphatic carbocycles. The Morgan fingerprint density at radius 2 is 2.12 bits per heavy atom. The minimum atomic E-state index is -0.602. The van der Waals surface area contributed by atoms with Crippen LogP contribution in [-0.4, -0.2) is 14.5 Å². The average Bonchev–Trinajstić information content (AvgIpc) is 3.03. The molecule has 0 fully saturated rings. The van der Waals surface area contributed by atoms with Crippen molar-refractivity contribution >= 4 is 46.2 Å². The van der Waals surface area contributed by atoms with E-state index in [1.54, 1.807) is 34.3 Å². The molecule has 3 rings (SSSR count). The fraction of sp³-hybridized carbons (Fsp3) is 0.176. The maximum Gasteiger partial charge on any atom is 0.433 e. The van der Waals surface area contributed by atoms with Crippen LogP contribution in [0.4, 0.5) is 5.88 Å². The highest BCUT2D eigenvalue weighted by Gasteiger charge is 2.14. The first-order valence-corrected chi connectivity index (χ1v) is 8.92. The minimum absolute atomic E-state index is 0.0873. The Kier molecular flexibility index (Phi) is 5.15. The quantitative estimate of drug-likeness (QED) is 0.266. The third-order valence-electron chi connectivity index (χ3n) is 3.55. The number of benzene rings is 1. The number of nitrogens with zero attached hydrogens (tertiary/aromatic N) is 3. The zero-order chi connectivity index (χ0) is 18.8. The van der Waals surface area contributed by atoms with Crippen LogP contribution in [0.1, 0.15) is 25.6 Å². The first-order chi connectivity index (χ1) is 12.4. The van der Waals surface area contributed by atoms with E-state index in [4.69, 9.17) is 16.0 Å². The van der Waals surface area contributed by atoms with Gasteiger partial charge >= 0.3 is 5.88 Å². The molecule has 0 aliphatic heterocycles. The third-order valence-corrected chi connectivity index (χ3v) is 4.55. The van der Waals surface area contributed by atoms with Crippen LogP contribution in [0.15, 0.2) is 50.1 Å². The Morgan fingerprint density at radius 1 is 1.35 bits per heavy atom. The van der Waals surface area contributed by atoms with E-state index in [0.717, 1.165) is 0 Å². The van der Waals surface area contributed by atoms with Crippen LogP contribution in [0.3, 0.4) is 0 Å². The number of hydrogen-bond donors (Lipinski definition) is 0. The molecule has 0 saturated heterocycles. The molecule has 0 saturated carbocycles. The Bertz CT molecular complexity index is 1070. The molecular formula is C17H14ClN3O4S. The van der Waals surface area contributed by atoms with Gasteiger partial charge in [-0.05, 0) is 49.6 Å². The van der Waals surface area contributed by atoms with Crippen molar-refractivity contribution in [3.63, 3.8) is 0 Å². The van der Waals surface area contributed by atoms with Gasteiger partial charge in [-0.1, -0.05) is 23.4 Å². The molecule has 0 unspecified atom stereocenters. The summed E-state index contributed by atoms with van der Waals surface area (Å²) in [5.41, 5.74) is 0.370. The van der Waals surface area contributed by atoms with E-state index in [2.05, 4.69) is 4.98 Å². The molecule has 134 valence electrons. The molecule has 0 N–H and O–H groups in total. The first kappa shape index (κ1) is 18.2. The lowest BCUT2D eigenvalue weighted by Gasteiger charge is -2.15. The molecule has 0 aliphatic rings. The molecular weight excluding hydrogens is 378 g/mol. The van der Waals surface area contributed by atoms with Gasteiger partial charge in [0.25, 0.3) is 5.56 Å². The molecule has 0 bridgehead atoms. The van der Waals surface area contributed by atoms with Crippen LogP contribution in [0.25, 0.3) is 17.0 Å². The Hall–Kier alpha value is -2.58. The standard InChI is InChI=1S/C17H14ClN3O4S/c1-10(2)20-16(22)13-5-3-11(18)9-14(13)19-17(20)26-8-7-12-4-6-15(25-12)21(23)24/h3-10H,1-2H3/b8-7+. The molecule has 0 radical (unpaired) electrons. The maximum atomic E-state index is 12.8. The van der Waals surface area contributed by atoms with Gasteiger partial charge in [0, 0.05) is 11.1 Å².